The number of carbonyl (C=O) groups is 1. The average molecular weight is 502 g/mol. The average Bonchev–Trinajstić information content (AvgIpc) is 3.48. The van der Waals surface area contributed by atoms with Crippen LogP contribution in [0.25, 0.3) is 0 Å². The van der Waals surface area contributed by atoms with Gasteiger partial charge in [-0.3, -0.25) is 4.68 Å². The summed E-state index contributed by atoms with van der Waals surface area (Å²) in [6.07, 6.45) is 8.81. The first-order valence-corrected chi connectivity index (χ1v) is 12.5. The molecule has 34 heavy (non-hydrogen) atoms. The summed E-state index contributed by atoms with van der Waals surface area (Å²) in [5.41, 5.74) is 5.85. The van der Waals surface area contributed by atoms with Gasteiger partial charge in [-0.1, -0.05) is 6.07 Å². The Morgan fingerprint density at radius 3 is 2.24 bits per heavy atom. The second-order valence-corrected chi connectivity index (χ2v) is 10.1. The van der Waals surface area contributed by atoms with Gasteiger partial charge in [0.1, 0.15) is 0 Å². The van der Waals surface area contributed by atoms with Gasteiger partial charge in [0.25, 0.3) is 0 Å². The minimum atomic E-state index is -4.30. The summed E-state index contributed by atoms with van der Waals surface area (Å²) in [5, 5.41) is 6.95. The quantitative estimate of drug-likeness (QED) is 0.428. The van der Waals surface area contributed by atoms with Crippen molar-refractivity contribution in [2.24, 2.45) is 7.05 Å². The van der Waals surface area contributed by atoms with Crippen LogP contribution in [0, 0.1) is 0 Å². The fourth-order valence-electron chi connectivity index (χ4n) is 4.91. The standard InChI is InChI=1S/C22H31N5O5S.Na.H/c1-26-12-17(11-23-26)27(18(13-31-2)14-32-3)33(29,30)25-22(28)24-21-19-8-4-6-15(19)10-16-7-5-9-20(16)21;;/h10-12,18H,4-9,13-14H2,1-3H3,(H2,24,25,28);;/q;+1;-1. The number of urea groups is 1. The third-order valence-electron chi connectivity index (χ3n) is 6.19. The van der Waals surface area contributed by atoms with Gasteiger partial charge in [-0.2, -0.15) is 13.5 Å². The van der Waals surface area contributed by atoms with E-state index < -0.39 is 22.3 Å². The van der Waals surface area contributed by atoms with Crippen LogP contribution in [-0.2, 0) is 52.4 Å². The van der Waals surface area contributed by atoms with Crippen LogP contribution in [0.2, 0.25) is 0 Å². The SMILES string of the molecule is COCC(COC)N(c1cnn(C)c1)S(=O)(=O)NC(=O)Nc1c2c(cc3c1CCC3)CCC2.[H-].[Na+]. The van der Waals surface area contributed by atoms with Crippen molar-refractivity contribution in [2.45, 2.75) is 44.6 Å². The number of amides is 2. The topological polar surface area (TPSA) is 115 Å². The maximum atomic E-state index is 13.4. The van der Waals surface area contributed by atoms with Gasteiger partial charge < -0.3 is 16.2 Å². The molecule has 12 heteroatoms. The summed E-state index contributed by atoms with van der Waals surface area (Å²) in [4.78, 5) is 13.0. The molecule has 2 aliphatic carbocycles. The van der Waals surface area contributed by atoms with E-state index in [-0.39, 0.29) is 44.2 Å². The second-order valence-electron chi connectivity index (χ2n) is 8.53. The molecule has 0 aliphatic heterocycles. The van der Waals surface area contributed by atoms with E-state index in [0.29, 0.717) is 5.69 Å². The molecule has 0 saturated carbocycles. The number of aryl methyl sites for hydroxylation is 3. The molecule has 0 unspecified atom stereocenters. The summed E-state index contributed by atoms with van der Waals surface area (Å²) in [6, 6.07) is 0.779. The van der Waals surface area contributed by atoms with Crippen molar-refractivity contribution in [2.75, 3.05) is 37.1 Å². The number of nitrogens with one attached hydrogen (secondary N) is 2. The number of carbonyl (C=O) groups excluding carboxylic acids is 1. The van der Waals surface area contributed by atoms with Crippen LogP contribution in [0.5, 0.6) is 0 Å². The van der Waals surface area contributed by atoms with E-state index in [2.05, 4.69) is 21.2 Å². The van der Waals surface area contributed by atoms with Gasteiger partial charge in [0, 0.05) is 33.2 Å². The Balaban J connectivity index is 0.00000216. The van der Waals surface area contributed by atoms with Gasteiger partial charge >= 0.3 is 45.8 Å². The molecule has 0 radical (unpaired) electrons. The monoisotopic (exact) mass is 501 g/mol. The predicted octanol–water partition coefficient (Wildman–Crippen LogP) is -0.952. The number of rotatable bonds is 9. The van der Waals surface area contributed by atoms with Crippen LogP contribution in [0.4, 0.5) is 16.2 Å². The number of fused-ring (bicyclic) bond motifs is 2. The predicted molar refractivity (Wildman–Crippen MR) is 126 cm³/mol. The number of ether oxygens (including phenoxy) is 2. The molecule has 10 nitrogen and oxygen atoms in total. The fraction of sp³-hybridized carbons (Fsp3) is 0.545. The Kier molecular flexibility index (Phi) is 9.04. The molecule has 2 aromatic rings. The summed E-state index contributed by atoms with van der Waals surface area (Å²) >= 11 is 0. The third-order valence-corrected chi connectivity index (χ3v) is 7.66. The largest absolute Gasteiger partial charge is 1.00 e. The normalized spacial score (nSPS) is 14.5. The van der Waals surface area contributed by atoms with Crippen molar-refractivity contribution in [3.05, 3.63) is 40.7 Å². The number of methoxy groups -OCH3 is 2. The zero-order chi connectivity index (χ0) is 23.6. The fourth-order valence-corrected chi connectivity index (χ4v) is 6.18. The number of nitrogens with zero attached hydrogens (tertiary/aromatic N) is 3. The van der Waals surface area contributed by atoms with Crippen molar-refractivity contribution in [1.29, 1.82) is 0 Å². The van der Waals surface area contributed by atoms with Crippen molar-refractivity contribution in [1.82, 2.24) is 14.5 Å². The molecule has 2 N–H and O–H groups in total. The van der Waals surface area contributed by atoms with E-state index in [9.17, 15) is 13.2 Å². The molecule has 1 aromatic carbocycles. The summed E-state index contributed by atoms with van der Waals surface area (Å²) in [5.74, 6) is 0. The van der Waals surface area contributed by atoms with Crippen LogP contribution in [0.3, 0.4) is 0 Å². The number of hydrogen-bond donors (Lipinski definition) is 2. The van der Waals surface area contributed by atoms with Gasteiger partial charge in [-0.15, -0.1) is 0 Å². The van der Waals surface area contributed by atoms with E-state index in [1.165, 1.54) is 36.2 Å². The number of aromatic nitrogens is 2. The Bertz CT molecular complexity index is 1110. The van der Waals surface area contributed by atoms with Gasteiger partial charge in [0.05, 0.1) is 31.1 Å². The Labute approximate surface area is 224 Å². The molecule has 2 aliphatic rings. The summed E-state index contributed by atoms with van der Waals surface area (Å²) < 4.78 is 42.0. The first-order chi connectivity index (χ1) is 15.8. The van der Waals surface area contributed by atoms with Gasteiger partial charge in [0.2, 0.25) is 0 Å². The summed E-state index contributed by atoms with van der Waals surface area (Å²) in [7, 11) is 0.351. The van der Waals surface area contributed by atoms with E-state index in [4.69, 9.17) is 9.47 Å². The molecule has 0 bridgehead atoms. The van der Waals surface area contributed by atoms with Crippen LogP contribution < -0.4 is 43.9 Å². The number of benzene rings is 1. The van der Waals surface area contributed by atoms with Crippen LogP contribution >= 0.6 is 0 Å². The van der Waals surface area contributed by atoms with Crippen molar-refractivity contribution < 1.29 is 53.7 Å². The maximum Gasteiger partial charge on any atom is 1.00 e. The van der Waals surface area contributed by atoms with Gasteiger partial charge in [-0.25, -0.2) is 13.8 Å². The molecule has 1 heterocycles. The van der Waals surface area contributed by atoms with Crippen LogP contribution in [0.1, 0.15) is 36.5 Å². The third kappa shape index (κ3) is 5.60. The first kappa shape index (κ1) is 27.0. The minimum absolute atomic E-state index is 0. The maximum absolute atomic E-state index is 13.4. The molecule has 0 spiro atoms. The molecular weight excluding hydrogens is 469 g/mol. The van der Waals surface area contributed by atoms with Crippen molar-refractivity contribution in [3.63, 3.8) is 0 Å². The van der Waals surface area contributed by atoms with Crippen molar-refractivity contribution >= 4 is 27.6 Å². The zero-order valence-electron chi connectivity index (χ0n) is 21.3. The number of hydrogen-bond acceptors (Lipinski definition) is 6. The molecule has 182 valence electrons. The van der Waals surface area contributed by atoms with Crippen LogP contribution in [0.15, 0.2) is 18.5 Å². The zero-order valence-corrected chi connectivity index (χ0v) is 23.1. The van der Waals surface area contributed by atoms with Gasteiger partial charge in [0.15, 0.2) is 0 Å². The molecule has 2 amide bonds. The number of anilines is 2. The van der Waals surface area contributed by atoms with E-state index >= 15 is 0 Å². The van der Waals surface area contributed by atoms with E-state index in [1.807, 2.05) is 0 Å². The molecule has 0 saturated heterocycles. The molecule has 4 rings (SSSR count). The molecule has 1 aromatic heterocycles. The summed E-state index contributed by atoms with van der Waals surface area (Å²) in [6.45, 7) is 0.149. The smallest absolute Gasteiger partial charge is 1.00 e. The Hall–Kier alpha value is -1.63. The Morgan fingerprint density at radius 1 is 1.15 bits per heavy atom. The van der Waals surface area contributed by atoms with Crippen LogP contribution in [-0.4, -0.2) is 57.7 Å². The minimum Gasteiger partial charge on any atom is -1.00 e. The van der Waals surface area contributed by atoms with Crippen molar-refractivity contribution in [3.8, 4) is 0 Å². The first-order valence-electron chi connectivity index (χ1n) is 11.1. The van der Waals surface area contributed by atoms with E-state index in [0.717, 1.165) is 59.6 Å². The van der Waals surface area contributed by atoms with E-state index in [1.54, 1.807) is 13.2 Å². The molecule has 0 atom stereocenters. The second kappa shape index (κ2) is 11.4. The molecule has 0 fully saturated rings. The molecular formula is C22H32N5NaO5S. The Morgan fingerprint density at radius 2 is 1.74 bits per heavy atom. The van der Waals surface area contributed by atoms with Gasteiger partial charge in [-0.05, 0) is 60.8 Å².